The van der Waals surface area contributed by atoms with Crippen molar-refractivity contribution in [1.82, 2.24) is 0 Å². The molecule has 0 spiro atoms. The maximum absolute atomic E-state index is 11.4. The van der Waals surface area contributed by atoms with Crippen LogP contribution in [-0.4, -0.2) is 11.1 Å². The van der Waals surface area contributed by atoms with Gasteiger partial charge in [-0.25, -0.2) is 0 Å². The maximum Gasteiger partial charge on any atom is 0.174 e. The fourth-order valence-corrected chi connectivity index (χ4v) is 2.02. The topological polar surface area (TPSA) is 17.1 Å². The normalized spacial score (nSPS) is 10.2. The van der Waals surface area contributed by atoms with Crippen molar-refractivity contribution in [1.29, 1.82) is 0 Å². The van der Waals surface area contributed by atoms with Crippen molar-refractivity contribution in [2.24, 2.45) is 0 Å². The minimum Gasteiger partial charge on any atom is -0.293 e. The molecule has 1 rings (SSSR count). The summed E-state index contributed by atoms with van der Waals surface area (Å²) in [7, 11) is 0. The first-order valence-electron chi connectivity index (χ1n) is 3.61. The summed E-state index contributed by atoms with van der Waals surface area (Å²) in [6.45, 7) is 1.97. The Morgan fingerprint density at radius 1 is 1.62 bits per heavy atom. The number of hydrogen-bond donors (Lipinski definition) is 0. The average Bonchev–Trinajstić information content (AvgIpc) is 2.10. The smallest absolute Gasteiger partial charge is 0.174 e. The Morgan fingerprint density at radius 2 is 2.23 bits per heavy atom. The van der Waals surface area contributed by atoms with Gasteiger partial charge in [0.25, 0.3) is 0 Å². The molecule has 4 heteroatoms. The number of halogens is 3. The highest BCUT2D eigenvalue weighted by atomic mass is 127. The van der Waals surface area contributed by atoms with Gasteiger partial charge in [0.05, 0.1) is 10.4 Å². The first kappa shape index (κ1) is 11.5. The Labute approximate surface area is 104 Å². The summed E-state index contributed by atoms with van der Waals surface area (Å²) in [5, 5.41) is 0.841. The first-order valence-corrected chi connectivity index (χ1v) is 6.19. The van der Waals surface area contributed by atoms with Crippen LogP contribution < -0.4 is 0 Å². The van der Waals surface area contributed by atoms with E-state index in [-0.39, 0.29) is 5.78 Å². The van der Waals surface area contributed by atoms with E-state index in [2.05, 4.69) is 38.5 Å². The molecule has 0 aliphatic rings. The molecule has 0 radical (unpaired) electrons. The van der Waals surface area contributed by atoms with Crippen LogP contribution in [0.3, 0.4) is 0 Å². The third-order valence-electron chi connectivity index (χ3n) is 1.67. The van der Waals surface area contributed by atoms with Crippen LogP contribution in [0.4, 0.5) is 0 Å². The van der Waals surface area contributed by atoms with Gasteiger partial charge in [0.15, 0.2) is 5.78 Å². The summed E-state index contributed by atoms with van der Waals surface area (Å²) in [6, 6.07) is 3.64. The molecule has 0 aliphatic heterocycles. The maximum atomic E-state index is 11.4. The van der Waals surface area contributed by atoms with Crippen molar-refractivity contribution in [3.8, 4) is 0 Å². The number of rotatable bonds is 2. The molecule has 0 saturated heterocycles. The molecule has 1 aromatic rings. The van der Waals surface area contributed by atoms with E-state index < -0.39 is 0 Å². The average molecular weight is 373 g/mol. The standard InChI is InChI=1S/C9H7BrClIO/c1-5-2-7(11)6(3-8(5)12)9(13)4-10/h2-3H,4H2,1H3. The molecule has 0 unspecified atom stereocenters. The zero-order valence-corrected chi connectivity index (χ0v) is 11.4. The Kier molecular flexibility index (Phi) is 4.19. The molecule has 0 aliphatic carbocycles. The Morgan fingerprint density at radius 3 is 2.77 bits per heavy atom. The van der Waals surface area contributed by atoms with Gasteiger partial charge >= 0.3 is 0 Å². The van der Waals surface area contributed by atoms with Crippen LogP contribution in [0.5, 0.6) is 0 Å². The lowest BCUT2D eigenvalue weighted by Gasteiger charge is -2.04. The van der Waals surface area contributed by atoms with Gasteiger partial charge in [0.2, 0.25) is 0 Å². The number of carbonyl (C=O) groups is 1. The second-order valence-corrected chi connectivity index (χ2v) is 4.77. The van der Waals surface area contributed by atoms with Crippen LogP contribution in [0.1, 0.15) is 15.9 Å². The van der Waals surface area contributed by atoms with E-state index in [4.69, 9.17) is 11.6 Å². The van der Waals surface area contributed by atoms with Crippen molar-refractivity contribution >= 4 is 55.9 Å². The molecule has 1 nitrogen and oxygen atoms in total. The Hall–Kier alpha value is 0.390. The Balaban J connectivity index is 3.23. The second kappa shape index (κ2) is 4.75. The lowest BCUT2D eigenvalue weighted by molar-refractivity contribution is 0.102. The van der Waals surface area contributed by atoms with E-state index in [9.17, 15) is 4.79 Å². The molecule has 0 N–H and O–H groups in total. The number of hydrogen-bond acceptors (Lipinski definition) is 1. The predicted molar refractivity (Wildman–Crippen MR) is 67.0 cm³/mol. The lowest BCUT2D eigenvalue weighted by atomic mass is 10.1. The van der Waals surface area contributed by atoms with E-state index in [0.29, 0.717) is 15.9 Å². The van der Waals surface area contributed by atoms with E-state index in [1.807, 2.05) is 19.1 Å². The van der Waals surface area contributed by atoms with Gasteiger partial charge in [-0.15, -0.1) is 0 Å². The van der Waals surface area contributed by atoms with Crippen molar-refractivity contribution in [3.63, 3.8) is 0 Å². The van der Waals surface area contributed by atoms with Crippen molar-refractivity contribution in [2.45, 2.75) is 6.92 Å². The molecule has 1 aromatic carbocycles. The number of benzene rings is 1. The van der Waals surface area contributed by atoms with Gasteiger partial charge in [0, 0.05) is 9.13 Å². The lowest BCUT2D eigenvalue weighted by Crippen LogP contribution is -2.02. The SMILES string of the molecule is Cc1cc(Cl)c(C(=O)CBr)cc1I. The number of carbonyl (C=O) groups excluding carboxylic acids is 1. The van der Waals surface area contributed by atoms with Crippen LogP contribution in [0, 0.1) is 10.5 Å². The number of Topliss-reactive ketones (excluding diaryl/α,β-unsaturated/α-hetero) is 1. The number of alkyl halides is 1. The molecule has 0 aromatic heterocycles. The fourth-order valence-electron chi connectivity index (χ4n) is 0.932. The summed E-state index contributed by atoms with van der Waals surface area (Å²) < 4.78 is 1.06. The highest BCUT2D eigenvalue weighted by Crippen LogP contribution is 2.23. The highest BCUT2D eigenvalue weighted by molar-refractivity contribution is 14.1. The zero-order chi connectivity index (χ0) is 10.0. The van der Waals surface area contributed by atoms with Crippen molar-refractivity contribution in [2.75, 3.05) is 5.33 Å². The number of aryl methyl sites for hydroxylation is 1. The van der Waals surface area contributed by atoms with Crippen LogP contribution in [0.2, 0.25) is 5.02 Å². The summed E-state index contributed by atoms with van der Waals surface area (Å²) in [5.41, 5.74) is 1.69. The number of ketones is 1. The first-order chi connectivity index (χ1) is 6.06. The van der Waals surface area contributed by atoms with E-state index in [1.54, 1.807) is 0 Å². The van der Waals surface area contributed by atoms with Gasteiger partial charge in [-0.3, -0.25) is 4.79 Å². The minimum absolute atomic E-state index is 0.0166. The Bertz CT molecular complexity index is 352. The quantitative estimate of drug-likeness (QED) is 0.437. The molecule has 0 amide bonds. The van der Waals surface area contributed by atoms with Crippen LogP contribution in [-0.2, 0) is 0 Å². The molecule has 0 atom stereocenters. The van der Waals surface area contributed by atoms with Gasteiger partial charge in [-0.1, -0.05) is 27.5 Å². The zero-order valence-electron chi connectivity index (χ0n) is 6.90. The van der Waals surface area contributed by atoms with Crippen molar-refractivity contribution in [3.05, 3.63) is 31.9 Å². The molecule has 0 saturated carbocycles. The third-order valence-corrected chi connectivity index (χ3v) is 3.65. The largest absolute Gasteiger partial charge is 0.293 e. The minimum atomic E-state index is 0.0166. The molecule has 0 bridgehead atoms. The van der Waals surface area contributed by atoms with Crippen LogP contribution >= 0.6 is 50.1 Å². The second-order valence-electron chi connectivity index (χ2n) is 2.64. The van der Waals surface area contributed by atoms with Crippen LogP contribution in [0.15, 0.2) is 12.1 Å². The molecule has 13 heavy (non-hydrogen) atoms. The van der Waals surface area contributed by atoms with Gasteiger partial charge in [-0.05, 0) is 47.2 Å². The van der Waals surface area contributed by atoms with Gasteiger partial charge < -0.3 is 0 Å². The molecule has 70 valence electrons. The van der Waals surface area contributed by atoms with E-state index >= 15 is 0 Å². The predicted octanol–water partition coefficient (Wildman–Crippen LogP) is 3.83. The molecular formula is C9H7BrClIO. The third kappa shape index (κ3) is 2.67. The van der Waals surface area contributed by atoms with Crippen LogP contribution in [0.25, 0.3) is 0 Å². The molecule has 0 fully saturated rings. The van der Waals surface area contributed by atoms with E-state index in [1.165, 1.54) is 0 Å². The van der Waals surface area contributed by atoms with E-state index in [0.717, 1.165) is 9.13 Å². The van der Waals surface area contributed by atoms with Gasteiger partial charge in [0.1, 0.15) is 0 Å². The fraction of sp³-hybridized carbons (Fsp3) is 0.222. The molecular weight excluding hydrogens is 366 g/mol. The monoisotopic (exact) mass is 372 g/mol. The summed E-state index contributed by atoms with van der Waals surface area (Å²) >= 11 is 11.2. The summed E-state index contributed by atoms with van der Waals surface area (Å²) in [6.07, 6.45) is 0. The molecule has 0 heterocycles. The van der Waals surface area contributed by atoms with Gasteiger partial charge in [-0.2, -0.15) is 0 Å². The summed E-state index contributed by atoms with van der Waals surface area (Å²) in [5.74, 6) is 0.0166. The van der Waals surface area contributed by atoms with Crippen molar-refractivity contribution < 1.29 is 4.79 Å². The summed E-state index contributed by atoms with van der Waals surface area (Å²) in [4.78, 5) is 11.4. The highest BCUT2D eigenvalue weighted by Gasteiger charge is 2.10.